The Morgan fingerprint density at radius 1 is 0.853 bits per heavy atom. The molecule has 3 rings (SSSR count). The van der Waals surface area contributed by atoms with Crippen LogP contribution in [0.5, 0.6) is 11.5 Å². The number of nitrogens with one attached hydrogen (secondary N) is 2. The second kappa shape index (κ2) is 12.2. The predicted octanol–water partition coefficient (Wildman–Crippen LogP) is 7.92. The number of carbonyl (C=O) groups excluding carboxylic acids is 1. The van der Waals surface area contributed by atoms with Crippen LogP contribution in [0.3, 0.4) is 0 Å². The second-order valence-electron chi connectivity index (χ2n) is 7.51. The fourth-order valence-corrected chi connectivity index (χ4v) is 7.81. The van der Waals surface area contributed by atoms with Crippen molar-refractivity contribution < 1.29 is 18.4 Å². The summed E-state index contributed by atoms with van der Waals surface area (Å²) in [7, 11) is 11.0. The van der Waals surface area contributed by atoms with Gasteiger partial charge in [0.05, 0.1) is 0 Å². The molecule has 0 saturated carbocycles. The van der Waals surface area contributed by atoms with Crippen LogP contribution in [0.1, 0.15) is 13.3 Å². The fourth-order valence-electron chi connectivity index (χ4n) is 2.98. The van der Waals surface area contributed by atoms with Crippen LogP contribution in [-0.2, 0) is 4.57 Å². The van der Waals surface area contributed by atoms with E-state index in [4.69, 9.17) is 39.1 Å². The Morgan fingerprint density at radius 3 is 1.74 bits per heavy atom. The van der Waals surface area contributed by atoms with E-state index in [1.165, 1.54) is 0 Å². The molecule has 0 radical (unpaired) electrons. The molecule has 0 aliphatic carbocycles. The molecule has 0 aliphatic heterocycles. The summed E-state index contributed by atoms with van der Waals surface area (Å²) in [5.41, 5.74) is 0.564. The number of para-hydroxylation sites is 3. The summed E-state index contributed by atoms with van der Waals surface area (Å²) in [6.07, 6.45) is 0.0790. The summed E-state index contributed by atoms with van der Waals surface area (Å²) in [5.74, 6) is -0.465. The van der Waals surface area contributed by atoms with Gasteiger partial charge in [-0.25, -0.2) is 0 Å². The Morgan fingerprint density at radius 2 is 1.29 bits per heavy atom. The summed E-state index contributed by atoms with van der Waals surface area (Å²) in [6.45, 7) is 1.76. The average Bonchev–Trinajstić information content (AvgIpc) is 2.80. The number of hydrogen-bond donors (Lipinski definition) is 2. The number of anilines is 1. The molecule has 2 atom stereocenters. The normalized spacial score (nSPS) is 13.4. The number of rotatable bonds is 10. The molecule has 180 valence electrons. The van der Waals surface area contributed by atoms with Crippen molar-refractivity contribution in [2.45, 2.75) is 23.9 Å². The molecule has 2 amide bonds. The van der Waals surface area contributed by atoms with Gasteiger partial charge in [-0.15, -0.1) is 0 Å². The molecule has 0 spiro atoms. The zero-order valence-corrected chi connectivity index (χ0v) is 23.5. The van der Waals surface area contributed by atoms with Crippen LogP contribution in [0.15, 0.2) is 91.0 Å². The molecule has 0 saturated heterocycles. The van der Waals surface area contributed by atoms with E-state index in [2.05, 4.69) is 10.6 Å². The molecule has 0 heterocycles. The van der Waals surface area contributed by atoms with E-state index < -0.39 is 34.6 Å². The van der Waals surface area contributed by atoms with Gasteiger partial charge in [-0.1, -0.05) is 0 Å². The van der Waals surface area contributed by atoms with Crippen LogP contribution in [0.25, 0.3) is 0 Å². The third-order valence-corrected chi connectivity index (χ3v) is 15.5. The molecule has 0 aromatic heterocycles. The van der Waals surface area contributed by atoms with Gasteiger partial charge >= 0.3 is 215 Å². The van der Waals surface area contributed by atoms with Gasteiger partial charge in [0, 0.05) is 0 Å². The fraction of sp³-hybridized carbons (Fsp3) is 0.174. The van der Waals surface area contributed by atoms with Crippen molar-refractivity contribution in [3.63, 3.8) is 0 Å². The molecular formula is C23H24Cl3GeN2O4P. The molecule has 0 bridgehead atoms. The van der Waals surface area contributed by atoms with Gasteiger partial charge in [0.15, 0.2) is 0 Å². The number of halogens is 3. The SMILES string of the molecule is C[CH](CC(NC(=O)Nc1ccccc1)P(=O)(Oc1ccccc1)Oc1ccccc1)[Ge]([Cl])([Cl])[Cl]. The standard InChI is InChI=1S/C23H24Cl3GeN2O4P/c1-18(27(24,25)26)17-22(29-23(30)28-19-11-5-2-6-12-19)34(31,32-20-13-7-3-8-14-20)33-21-15-9-4-10-16-21/h2-16,18,22H,17H2,1H3,(H2,28,29,30). The molecule has 3 aromatic carbocycles. The van der Waals surface area contributed by atoms with Crippen molar-refractivity contribution in [1.82, 2.24) is 5.32 Å². The van der Waals surface area contributed by atoms with Crippen molar-refractivity contribution in [2.75, 3.05) is 5.32 Å². The van der Waals surface area contributed by atoms with Crippen molar-refractivity contribution in [1.29, 1.82) is 0 Å². The van der Waals surface area contributed by atoms with Gasteiger partial charge in [-0.3, -0.25) is 0 Å². The van der Waals surface area contributed by atoms with Crippen LogP contribution in [0, 0.1) is 0 Å². The van der Waals surface area contributed by atoms with Gasteiger partial charge < -0.3 is 0 Å². The molecule has 3 aromatic rings. The van der Waals surface area contributed by atoms with Crippen LogP contribution in [-0.4, -0.2) is 22.3 Å². The Balaban J connectivity index is 1.94. The monoisotopic (exact) mass is 602 g/mol. The van der Waals surface area contributed by atoms with E-state index in [0.717, 1.165) is 0 Å². The summed E-state index contributed by atoms with van der Waals surface area (Å²) < 4.78 is 25.7. The topological polar surface area (TPSA) is 76.7 Å². The van der Waals surface area contributed by atoms with E-state index in [9.17, 15) is 9.36 Å². The number of benzene rings is 3. The summed E-state index contributed by atoms with van der Waals surface area (Å²) in [4.78, 5) is 12.9. The first kappa shape index (κ1) is 26.8. The number of carbonyl (C=O) groups is 1. The van der Waals surface area contributed by atoms with Crippen LogP contribution in [0.4, 0.5) is 10.5 Å². The maximum absolute atomic E-state index is 14.3. The maximum atomic E-state index is 14.3. The molecule has 0 fully saturated rings. The van der Waals surface area contributed by atoms with Crippen LogP contribution < -0.4 is 19.7 Å². The van der Waals surface area contributed by atoms with E-state index >= 15 is 0 Å². The van der Waals surface area contributed by atoms with E-state index in [0.29, 0.717) is 17.2 Å². The molecule has 34 heavy (non-hydrogen) atoms. The molecular weight excluding hydrogens is 578 g/mol. The Labute approximate surface area is 214 Å². The first-order valence-corrected chi connectivity index (χ1v) is 21.5. The second-order valence-corrected chi connectivity index (χ2v) is 26.2. The number of amides is 2. The minimum absolute atomic E-state index is 0.0790. The van der Waals surface area contributed by atoms with Gasteiger partial charge in [0.25, 0.3) is 0 Å². The molecule has 2 N–H and O–H groups in total. The molecule has 11 heteroatoms. The molecule has 2 unspecified atom stereocenters. The van der Waals surface area contributed by atoms with Gasteiger partial charge in [0.2, 0.25) is 0 Å². The average molecular weight is 602 g/mol. The molecule has 0 aliphatic rings. The zero-order chi connectivity index (χ0) is 24.6. The number of hydrogen-bond acceptors (Lipinski definition) is 4. The summed E-state index contributed by atoms with van der Waals surface area (Å²) in [5, 5.41) is 5.46. The van der Waals surface area contributed by atoms with Crippen molar-refractivity contribution in [2.24, 2.45) is 0 Å². The minimum atomic E-state index is -4.07. The van der Waals surface area contributed by atoms with E-state index in [1.54, 1.807) is 91.9 Å². The van der Waals surface area contributed by atoms with Gasteiger partial charge in [0.1, 0.15) is 0 Å². The third kappa shape index (κ3) is 8.14. The van der Waals surface area contributed by atoms with Crippen molar-refractivity contribution >= 4 is 59.8 Å². The Hall–Kier alpha value is -1.83. The van der Waals surface area contributed by atoms with Gasteiger partial charge in [-0.05, 0) is 0 Å². The molecule has 6 nitrogen and oxygen atoms in total. The predicted molar refractivity (Wildman–Crippen MR) is 141 cm³/mol. The van der Waals surface area contributed by atoms with Gasteiger partial charge in [-0.2, -0.15) is 0 Å². The summed E-state index contributed by atoms with van der Waals surface area (Å²) in [6, 6.07) is 25.5. The van der Waals surface area contributed by atoms with Crippen molar-refractivity contribution in [3.05, 3.63) is 91.0 Å². The zero-order valence-electron chi connectivity index (χ0n) is 18.2. The van der Waals surface area contributed by atoms with E-state index in [1.807, 2.05) is 6.07 Å². The van der Waals surface area contributed by atoms with Crippen molar-refractivity contribution in [3.8, 4) is 11.5 Å². The first-order valence-electron chi connectivity index (χ1n) is 10.4. The third-order valence-electron chi connectivity index (χ3n) is 4.80. The Bertz CT molecular complexity index is 1060. The summed E-state index contributed by atoms with van der Waals surface area (Å²) >= 11 is 0. The Kier molecular flexibility index (Phi) is 9.63. The van der Waals surface area contributed by atoms with Crippen LogP contribution >= 0.6 is 37.6 Å². The number of urea groups is 1. The quantitative estimate of drug-likeness (QED) is 0.183. The van der Waals surface area contributed by atoms with E-state index in [-0.39, 0.29) is 6.42 Å². The van der Waals surface area contributed by atoms with Crippen LogP contribution in [0.2, 0.25) is 4.75 Å². The first-order chi connectivity index (χ1) is 16.2.